The fourth-order valence-electron chi connectivity index (χ4n) is 4.00. The van der Waals surface area contributed by atoms with Gasteiger partial charge < -0.3 is 19.3 Å². The van der Waals surface area contributed by atoms with E-state index in [0.29, 0.717) is 32.8 Å². The second-order valence-electron chi connectivity index (χ2n) is 8.19. The van der Waals surface area contributed by atoms with Crippen LogP contribution in [0.1, 0.15) is 23.1 Å². The molecule has 3 aromatic carbocycles. The molecule has 0 aliphatic heterocycles. The van der Waals surface area contributed by atoms with Gasteiger partial charge in [-0.2, -0.15) is 0 Å². The highest BCUT2D eigenvalue weighted by Crippen LogP contribution is 2.37. The summed E-state index contributed by atoms with van der Waals surface area (Å²) >= 11 is 0. The molecular weight excluding hydrogens is 400 g/mol. The summed E-state index contributed by atoms with van der Waals surface area (Å²) < 4.78 is 19.0. The number of aliphatic hydroxyl groups excluding tert-OH is 1. The first kappa shape index (κ1) is 22.4. The van der Waals surface area contributed by atoms with Gasteiger partial charge in [-0.05, 0) is 22.3 Å². The van der Waals surface area contributed by atoms with Crippen molar-refractivity contribution in [2.75, 3.05) is 13.2 Å². The van der Waals surface area contributed by atoms with E-state index in [-0.39, 0.29) is 12.7 Å². The summed E-state index contributed by atoms with van der Waals surface area (Å²) in [7, 11) is 0. The molecule has 0 radical (unpaired) electrons. The van der Waals surface area contributed by atoms with Gasteiger partial charge in [-0.1, -0.05) is 97.1 Å². The summed E-state index contributed by atoms with van der Waals surface area (Å²) in [6.07, 6.45) is 2.26. The van der Waals surface area contributed by atoms with Gasteiger partial charge >= 0.3 is 0 Å². The van der Waals surface area contributed by atoms with Crippen LogP contribution in [-0.4, -0.2) is 30.0 Å². The predicted octanol–water partition coefficient (Wildman–Crippen LogP) is 5.07. The Morgan fingerprint density at radius 2 is 1.25 bits per heavy atom. The van der Waals surface area contributed by atoms with Crippen molar-refractivity contribution in [3.05, 3.63) is 119 Å². The first-order valence-electron chi connectivity index (χ1n) is 11.0. The Morgan fingerprint density at radius 3 is 1.81 bits per heavy atom. The first-order chi connectivity index (χ1) is 15.8. The van der Waals surface area contributed by atoms with E-state index in [4.69, 9.17) is 14.2 Å². The summed E-state index contributed by atoms with van der Waals surface area (Å²) in [5, 5.41) is 9.87. The smallest absolute Gasteiger partial charge is 0.125 e. The quantitative estimate of drug-likeness (QED) is 0.432. The molecule has 32 heavy (non-hydrogen) atoms. The number of aliphatic hydroxyl groups is 1. The van der Waals surface area contributed by atoms with Gasteiger partial charge in [0, 0.05) is 6.42 Å². The summed E-state index contributed by atoms with van der Waals surface area (Å²) in [5.41, 5.74) is 3.52. The van der Waals surface area contributed by atoms with Gasteiger partial charge in [0.05, 0.1) is 33.0 Å². The molecule has 0 aromatic heterocycles. The molecule has 0 saturated heterocycles. The molecule has 166 valence electrons. The third kappa shape index (κ3) is 5.93. The molecule has 0 fully saturated rings. The summed E-state index contributed by atoms with van der Waals surface area (Å²) in [5.74, 6) is 0. The Hall–Kier alpha value is -2.76. The van der Waals surface area contributed by atoms with Crippen LogP contribution in [0.4, 0.5) is 0 Å². The maximum atomic E-state index is 9.87. The van der Waals surface area contributed by atoms with Crippen molar-refractivity contribution in [1.82, 2.24) is 0 Å². The van der Waals surface area contributed by atoms with Crippen molar-refractivity contribution >= 4 is 0 Å². The van der Waals surface area contributed by atoms with E-state index in [1.807, 2.05) is 97.1 Å². The van der Waals surface area contributed by atoms with Crippen molar-refractivity contribution in [2.24, 2.45) is 0 Å². The second-order valence-corrected chi connectivity index (χ2v) is 8.19. The zero-order valence-corrected chi connectivity index (χ0v) is 18.2. The Balaban J connectivity index is 1.50. The SMILES string of the molecule is OCC1=C[C@H](OCc2ccccc2)[C@](COCc2ccccc2)(OCc2ccccc2)C1. The van der Waals surface area contributed by atoms with E-state index in [0.717, 1.165) is 22.3 Å². The van der Waals surface area contributed by atoms with Crippen LogP contribution in [0.2, 0.25) is 0 Å². The molecule has 1 aliphatic rings. The molecule has 0 unspecified atom stereocenters. The highest BCUT2D eigenvalue weighted by molar-refractivity contribution is 5.24. The Labute approximate surface area is 190 Å². The van der Waals surface area contributed by atoms with Gasteiger partial charge in [-0.3, -0.25) is 0 Å². The van der Waals surface area contributed by atoms with E-state index in [2.05, 4.69) is 0 Å². The van der Waals surface area contributed by atoms with Crippen LogP contribution >= 0.6 is 0 Å². The third-order valence-electron chi connectivity index (χ3n) is 5.73. The lowest BCUT2D eigenvalue weighted by atomic mass is 9.97. The molecule has 0 heterocycles. The molecule has 0 spiro atoms. The number of benzene rings is 3. The van der Waals surface area contributed by atoms with E-state index < -0.39 is 5.60 Å². The summed E-state index contributed by atoms with van der Waals surface area (Å²) in [6.45, 7) is 1.77. The lowest BCUT2D eigenvalue weighted by molar-refractivity contribution is -0.166. The zero-order valence-electron chi connectivity index (χ0n) is 18.2. The molecule has 4 nitrogen and oxygen atoms in total. The third-order valence-corrected chi connectivity index (χ3v) is 5.73. The van der Waals surface area contributed by atoms with Crippen LogP contribution in [0, 0.1) is 0 Å². The van der Waals surface area contributed by atoms with Gasteiger partial charge in [-0.15, -0.1) is 0 Å². The average molecular weight is 431 g/mol. The van der Waals surface area contributed by atoms with Crippen LogP contribution in [-0.2, 0) is 34.0 Å². The number of hydrogen-bond donors (Lipinski definition) is 1. The largest absolute Gasteiger partial charge is 0.392 e. The maximum absolute atomic E-state index is 9.87. The molecule has 0 bridgehead atoms. The minimum Gasteiger partial charge on any atom is -0.392 e. The monoisotopic (exact) mass is 430 g/mol. The lowest BCUT2D eigenvalue weighted by Gasteiger charge is -2.35. The first-order valence-corrected chi connectivity index (χ1v) is 11.0. The van der Waals surface area contributed by atoms with E-state index in [1.165, 1.54) is 0 Å². The van der Waals surface area contributed by atoms with E-state index >= 15 is 0 Å². The molecular formula is C28H30O4. The Bertz CT molecular complexity index is 972. The normalized spacial score (nSPS) is 20.3. The van der Waals surface area contributed by atoms with Gasteiger partial charge in [0.2, 0.25) is 0 Å². The lowest BCUT2D eigenvalue weighted by Crippen LogP contribution is -2.46. The topological polar surface area (TPSA) is 47.9 Å². The van der Waals surface area contributed by atoms with Crippen LogP contribution in [0.3, 0.4) is 0 Å². The van der Waals surface area contributed by atoms with Crippen LogP contribution in [0.25, 0.3) is 0 Å². The standard InChI is InChI=1S/C28H30O4/c29-18-26-16-27(31-20-24-12-6-2-7-13-24)28(17-26,32-21-25-14-8-3-9-15-25)22-30-19-23-10-4-1-5-11-23/h1-16,27,29H,17-22H2/t27-,28-/m0/s1. The molecule has 0 saturated carbocycles. The van der Waals surface area contributed by atoms with E-state index in [1.54, 1.807) is 0 Å². The molecule has 1 aliphatic carbocycles. The van der Waals surface area contributed by atoms with Crippen molar-refractivity contribution in [2.45, 2.75) is 37.9 Å². The van der Waals surface area contributed by atoms with Crippen molar-refractivity contribution < 1.29 is 19.3 Å². The number of rotatable bonds is 11. The predicted molar refractivity (Wildman–Crippen MR) is 125 cm³/mol. The molecule has 4 heteroatoms. The maximum Gasteiger partial charge on any atom is 0.125 e. The van der Waals surface area contributed by atoms with Crippen molar-refractivity contribution in [3.63, 3.8) is 0 Å². The minimum absolute atomic E-state index is 0.0136. The minimum atomic E-state index is -0.697. The average Bonchev–Trinajstić information content (AvgIpc) is 3.21. The van der Waals surface area contributed by atoms with Gasteiger partial charge in [0.15, 0.2) is 0 Å². The number of hydrogen-bond acceptors (Lipinski definition) is 4. The van der Waals surface area contributed by atoms with Gasteiger partial charge in [-0.25, -0.2) is 0 Å². The highest BCUT2D eigenvalue weighted by Gasteiger charge is 2.45. The molecule has 4 rings (SSSR count). The van der Waals surface area contributed by atoms with Crippen LogP contribution in [0.5, 0.6) is 0 Å². The molecule has 2 atom stereocenters. The Kier molecular flexibility index (Phi) is 7.86. The molecule has 3 aromatic rings. The van der Waals surface area contributed by atoms with Gasteiger partial charge in [0.1, 0.15) is 11.7 Å². The highest BCUT2D eigenvalue weighted by atomic mass is 16.6. The molecule has 1 N–H and O–H groups in total. The van der Waals surface area contributed by atoms with E-state index in [9.17, 15) is 5.11 Å². The fraction of sp³-hybridized carbons (Fsp3) is 0.286. The number of ether oxygens (including phenoxy) is 3. The van der Waals surface area contributed by atoms with Crippen molar-refractivity contribution in [1.29, 1.82) is 0 Å². The van der Waals surface area contributed by atoms with Crippen LogP contribution < -0.4 is 0 Å². The zero-order chi connectivity index (χ0) is 22.1. The van der Waals surface area contributed by atoms with Crippen molar-refractivity contribution in [3.8, 4) is 0 Å². The second kappa shape index (κ2) is 11.2. The fourth-order valence-corrected chi connectivity index (χ4v) is 4.00. The Morgan fingerprint density at radius 1 is 0.719 bits per heavy atom. The van der Waals surface area contributed by atoms with Crippen LogP contribution in [0.15, 0.2) is 103 Å². The van der Waals surface area contributed by atoms with Gasteiger partial charge in [0.25, 0.3) is 0 Å². The summed E-state index contributed by atoms with van der Waals surface area (Å²) in [6, 6.07) is 30.3. The summed E-state index contributed by atoms with van der Waals surface area (Å²) in [4.78, 5) is 0. The molecule has 0 amide bonds.